The van der Waals surface area contributed by atoms with Crippen molar-refractivity contribution >= 4 is 22.6 Å². The number of nitrogens with one attached hydrogen (secondary N) is 1. The van der Waals surface area contributed by atoms with Crippen LogP contribution >= 0.6 is 0 Å². The number of Topliss-reactive ketones (excluding diaryl/α,β-unsaturated/α-hetero) is 1. The van der Waals surface area contributed by atoms with Crippen LogP contribution in [0.15, 0.2) is 54.6 Å². The number of benzene rings is 2. The Morgan fingerprint density at radius 3 is 2.41 bits per heavy atom. The first kappa shape index (κ1) is 17.3. The first-order valence-electron chi connectivity index (χ1n) is 9.21. The van der Waals surface area contributed by atoms with Gasteiger partial charge in [0.15, 0.2) is 5.78 Å². The molecule has 5 nitrogen and oxygen atoms in total. The molecule has 1 saturated heterocycles. The van der Waals surface area contributed by atoms with Gasteiger partial charge in [-0.3, -0.25) is 9.59 Å². The van der Waals surface area contributed by atoms with Crippen LogP contribution in [0.4, 0.5) is 0 Å². The summed E-state index contributed by atoms with van der Waals surface area (Å²) in [6, 6.07) is 17.0. The van der Waals surface area contributed by atoms with Gasteiger partial charge in [0.1, 0.15) is 11.4 Å². The van der Waals surface area contributed by atoms with E-state index in [0.29, 0.717) is 37.2 Å². The molecule has 0 radical (unpaired) electrons. The van der Waals surface area contributed by atoms with Crippen molar-refractivity contribution in [1.82, 2.24) is 9.88 Å². The SMILES string of the molecule is COc1ccc(C(=O)C2CCN(C(=O)c3cc4ccccc4[nH]3)CC2)cc1. The normalized spacial score (nSPS) is 15.1. The van der Waals surface area contributed by atoms with Crippen LogP contribution in [0, 0.1) is 5.92 Å². The van der Waals surface area contributed by atoms with Crippen molar-refractivity contribution in [2.45, 2.75) is 12.8 Å². The summed E-state index contributed by atoms with van der Waals surface area (Å²) in [5.74, 6) is 0.854. The van der Waals surface area contributed by atoms with E-state index >= 15 is 0 Å². The molecule has 2 heterocycles. The molecule has 1 aliphatic rings. The number of ether oxygens (including phenoxy) is 1. The zero-order chi connectivity index (χ0) is 18.8. The summed E-state index contributed by atoms with van der Waals surface area (Å²) in [6.45, 7) is 1.20. The van der Waals surface area contributed by atoms with E-state index in [0.717, 1.165) is 16.7 Å². The van der Waals surface area contributed by atoms with Crippen LogP contribution in [0.2, 0.25) is 0 Å². The number of para-hydroxylation sites is 1. The number of rotatable bonds is 4. The van der Waals surface area contributed by atoms with Gasteiger partial charge in [0.05, 0.1) is 7.11 Å². The maximum atomic E-state index is 12.8. The number of H-pyrrole nitrogens is 1. The number of ketones is 1. The topological polar surface area (TPSA) is 62.4 Å². The quantitative estimate of drug-likeness (QED) is 0.716. The average Bonchev–Trinajstić information content (AvgIpc) is 3.17. The van der Waals surface area contributed by atoms with Gasteiger partial charge in [-0.25, -0.2) is 0 Å². The van der Waals surface area contributed by atoms with Crippen LogP contribution in [0.25, 0.3) is 10.9 Å². The zero-order valence-electron chi connectivity index (χ0n) is 15.3. The predicted molar refractivity (Wildman–Crippen MR) is 104 cm³/mol. The summed E-state index contributed by atoms with van der Waals surface area (Å²) >= 11 is 0. The van der Waals surface area contributed by atoms with Gasteiger partial charge in [0, 0.05) is 35.5 Å². The third-order valence-electron chi connectivity index (χ3n) is 5.29. The molecule has 0 spiro atoms. The number of fused-ring (bicyclic) bond motifs is 1. The number of hydrogen-bond donors (Lipinski definition) is 1. The van der Waals surface area contributed by atoms with E-state index in [-0.39, 0.29) is 17.6 Å². The first-order valence-corrected chi connectivity index (χ1v) is 9.21. The molecule has 0 unspecified atom stereocenters. The number of piperidine rings is 1. The van der Waals surface area contributed by atoms with Gasteiger partial charge in [-0.2, -0.15) is 0 Å². The van der Waals surface area contributed by atoms with E-state index in [1.54, 1.807) is 7.11 Å². The minimum Gasteiger partial charge on any atom is -0.497 e. The fourth-order valence-corrected chi connectivity index (χ4v) is 3.69. The Balaban J connectivity index is 1.40. The highest BCUT2D eigenvalue weighted by molar-refractivity contribution is 5.99. The molecular formula is C22H22N2O3. The summed E-state index contributed by atoms with van der Waals surface area (Å²) in [7, 11) is 1.61. The predicted octanol–water partition coefficient (Wildman–Crippen LogP) is 3.91. The Hall–Kier alpha value is -3.08. The lowest BCUT2D eigenvalue weighted by Gasteiger charge is -2.31. The van der Waals surface area contributed by atoms with Gasteiger partial charge in [-0.1, -0.05) is 18.2 Å². The number of carbonyl (C=O) groups is 2. The van der Waals surface area contributed by atoms with Gasteiger partial charge in [0.25, 0.3) is 5.91 Å². The largest absolute Gasteiger partial charge is 0.497 e. The Labute approximate surface area is 157 Å². The third-order valence-corrected chi connectivity index (χ3v) is 5.29. The maximum absolute atomic E-state index is 12.8. The highest BCUT2D eigenvalue weighted by atomic mass is 16.5. The second-order valence-corrected chi connectivity index (χ2v) is 6.93. The summed E-state index contributed by atoms with van der Waals surface area (Å²) in [4.78, 5) is 30.5. The molecule has 2 aromatic carbocycles. The second-order valence-electron chi connectivity index (χ2n) is 6.93. The van der Waals surface area contributed by atoms with Crippen LogP contribution in [0.3, 0.4) is 0 Å². The van der Waals surface area contributed by atoms with Crippen LogP contribution in [0.5, 0.6) is 5.75 Å². The molecule has 1 N–H and O–H groups in total. The number of aromatic nitrogens is 1. The third kappa shape index (κ3) is 3.45. The maximum Gasteiger partial charge on any atom is 0.270 e. The van der Waals surface area contributed by atoms with E-state index in [4.69, 9.17) is 4.74 Å². The van der Waals surface area contributed by atoms with Crippen molar-refractivity contribution in [2.24, 2.45) is 5.92 Å². The van der Waals surface area contributed by atoms with Crippen molar-refractivity contribution in [3.8, 4) is 5.75 Å². The molecule has 138 valence electrons. The molecule has 0 saturated carbocycles. The fraction of sp³-hybridized carbons (Fsp3) is 0.273. The number of nitrogens with zero attached hydrogens (tertiary/aromatic N) is 1. The molecule has 0 bridgehead atoms. The fourth-order valence-electron chi connectivity index (χ4n) is 3.69. The molecule has 1 aliphatic heterocycles. The number of methoxy groups -OCH3 is 1. The number of carbonyl (C=O) groups excluding carboxylic acids is 2. The molecule has 27 heavy (non-hydrogen) atoms. The Bertz CT molecular complexity index is 934. The Kier molecular flexibility index (Phi) is 4.67. The molecule has 1 amide bonds. The molecule has 3 aromatic rings. The van der Waals surface area contributed by atoms with Gasteiger partial charge >= 0.3 is 0 Å². The molecule has 1 fully saturated rings. The van der Waals surface area contributed by atoms with E-state index in [1.807, 2.05) is 59.5 Å². The van der Waals surface area contributed by atoms with E-state index < -0.39 is 0 Å². The number of amides is 1. The second kappa shape index (κ2) is 7.27. The standard InChI is InChI=1S/C22H22N2O3/c1-27-18-8-6-15(7-9-18)21(25)16-10-12-24(13-11-16)22(26)20-14-17-4-2-3-5-19(17)23-20/h2-9,14,16,23H,10-13H2,1H3. The highest BCUT2D eigenvalue weighted by Gasteiger charge is 2.29. The van der Waals surface area contributed by atoms with Gasteiger partial charge in [-0.15, -0.1) is 0 Å². The molecule has 1 aromatic heterocycles. The van der Waals surface area contributed by atoms with Crippen molar-refractivity contribution < 1.29 is 14.3 Å². The Morgan fingerprint density at radius 2 is 1.74 bits per heavy atom. The van der Waals surface area contributed by atoms with Crippen LogP contribution in [-0.2, 0) is 0 Å². The zero-order valence-corrected chi connectivity index (χ0v) is 15.3. The van der Waals surface area contributed by atoms with Crippen molar-refractivity contribution in [2.75, 3.05) is 20.2 Å². The van der Waals surface area contributed by atoms with E-state index in [2.05, 4.69) is 4.98 Å². The van der Waals surface area contributed by atoms with Gasteiger partial charge < -0.3 is 14.6 Å². The lowest BCUT2D eigenvalue weighted by Crippen LogP contribution is -2.40. The molecule has 5 heteroatoms. The van der Waals surface area contributed by atoms with Crippen molar-refractivity contribution in [3.05, 3.63) is 65.9 Å². The monoisotopic (exact) mass is 362 g/mol. The first-order chi connectivity index (χ1) is 13.2. The summed E-state index contributed by atoms with van der Waals surface area (Å²) in [5, 5.41) is 1.03. The summed E-state index contributed by atoms with van der Waals surface area (Å²) < 4.78 is 5.14. The minimum absolute atomic E-state index is 0.00143. The number of likely N-dealkylation sites (tertiary alicyclic amines) is 1. The van der Waals surface area contributed by atoms with Gasteiger partial charge in [-0.05, 0) is 49.2 Å². The Morgan fingerprint density at radius 1 is 1.04 bits per heavy atom. The lowest BCUT2D eigenvalue weighted by atomic mass is 9.89. The average molecular weight is 362 g/mol. The van der Waals surface area contributed by atoms with Gasteiger partial charge in [0.2, 0.25) is 0 Å². The molecular weight excluding hydrogens is 340 g/mol. The molecule has 0 aliphatic carbocycles. The smallest absolute Gasteiger partial charge is 0.270 e. The van der Waals surface area contributed by atoms with E-state index in [9.17, 15) is 9.59 Å². The molecule has 0 atom stereocenters. The summed E-state index contributed by atoms with van der Waals surface area (Å²) in [6.07, 6.45) is 1.38. The van der Waals surface area contributed by atoms with Crippen LogP contribution in [0.1, 0.15) is 33.7 Å². The number of hydrogen-bond acceptors (Lipinski definition) is 3. The van der Waals surface area contributed by atoms with E-state index in [1.165, 1.54) is 0 Å². The van der Waals surface area contributed by atoms with Crippen LogP contribution in [-0.4, -0.2) is 41.8 Å². The minimum atomic E-state index is -0.0369. The number of aromatic amines is 1. The lowest BCUT2D eigenvalue weighted by molar-refractivity contribution is 0.0646. The van der Waals surface area contributed by atoms with Crippen molar-refractivity contribution in [3.63, 3.8) is 0 Å². The molecule has 4 rings (SSSR count). The van der Waals surface area contributed by atoms with Crippen molar-refractivity contribution in [1.29, 1.82) is 0 Å². The highest BCUT2D eigenvalue weighted by Crippen LogP contribution is 2.25. The summed E-state index contributed by atoms with van der Waals surface area (Å²) in [5.41, 5.74) is 2.28. The van der Waals surface area contributed by atoms with Crippen LogP contribution < -0.4 is 4.74 Å².